The van der Waals surface area contributed by atoms with E-state index >= 15 is 0 Å². The summed E-state index contributed by atoms with van der Waals surface area (Å²) in [6.07, 6.45) is -0.516. The summed E-state index contributed by atoms with van der Waals surface area (Å²) in [4.78, 5) is 0. The van der Waals surface area contributed by atoms with E-state index < -0.39 is 0 Å². The van der Waals surface area contributed by atoms with Crippen molar-refractivity contribution in [1.29, 1.82) is 0 Å². The lowest BCUT2D eigenvalue weighted by Crippen LogP contribution is -2.56. The second kappa shape index (κ2) is 6.94. The predicted octanol–water partition coefficient (Wildman–Crippen LogP) is -1.32. The van der Waals surface area contributed by atoms with E-state index in [1.54, 1.807) is 0 Å². The van der Waals surface area contributed by atoms with E-state index in [1.165, 1.54) is 0 Å². The van der Waals surface area contributed by atoms with Crippen LogP contribution in [0.3, 0.4) is 0 Å². The van der Waals surface area contributed by atoms with Crippen LogP contribution in [0.25, 0.3) is 0 Å². The maximum atomic E-state index is 5.82. The lowest BCUT2D eigenvalue weighted by atomic mass is 10.2. The van der Waals surface area contributed by atoms with E-state index in [0.29, 0.717) is 39.5 Å². The van der Waals surface area contributed by atoms with Gasteiger partial charge in [0.1, 0.15) is 12.2 Å². The molecular formula is C12H22N2O5. The Labute approximate surface area is 112 Å². The first-order valence-electron chi connectivity index (χ1n) is 6.95. The standard InChI is InChI=1S/C12H22N2O5/c1-3-15-4-2-14-6-12-17-8-9-10(19-12)7-16-11(18-9)5-13-1/h9-14H,1-8H2/t9-,10-,11+,12+/m0/s1. The molecular weight excluding hydrogens is 252 g/mol. The highest BCUT2D eigenvalue weighted by Crippen LogP contribution is 2.22. The molecule has 5 aliphatic rings. The lowest BCUT2D eigenvalue weighted by molar-refractivity contribution is -0.333. The fourth-order valence-electron chi connectivity index (χ4n) is 2.39. The second-order valence-corrected chi connectivity index (χ2v) is 4.90. The SMILES string of the molecule is C1COCCNC[C@@H]2OC[C@@H]3O[C@H](CN1)OC[C@@H]3O2. The van der Waals surface area contributed by atoms with Crippen molar-refractivity contribution in [3.05, 3.63) is 0 Å². The molecule has 5 fully saturated rings. The predicted molar refractivity (Wildman–Crippen MR) is 65.8 cm³/mol. The summed E-state index contributed by atoms with van der Waals surface area (Å²) in [5.74, 6) is 0. The zero-order chi connectivity index (χ0) is 12.9. The summed E-state index contributed by atoms with van der Waals surface area (Å²) in [5, 5.41) is 6.52. The molecule has 0 aromatic carbocycles. The van der Waals surface area contributed by atoms with Gasteiger partial charge in [0.25, 0.3) is 0 Å². The summed E-state index contributed by atoms with van der Waals surface area (Å²) >= 11 is 0. The van der Waals surface area contributed by atoms with E-state index in [9.17, 15) is 0 Å². The smallest absolute Gasteiger partial charge is 0.170 e. The minimum absolute atomic E-state index is 0.0295. The quantitative estimate of drug-likeness (QED) is 0.567. The number of fused-ring (bicyclic) bond motifs is 2. The van der Waals surface area contributed by atoms with Crippen LogP contribution < -0.4 is 10.6 Å². The highest BCUT2D eigenvalue weighted by molar-refractivity contribution is 4.80. The van der Waals surface area contributed by atoms with Gasteiger partial charge >= 0.3 is 0 Å². The molecule has 5 rings (SSSR count). The van der Waals surface area contributed by atoms with Crippen molar-refractivity contribution in [3.63, 3.8) is 0 Å². The van der Waals surface area contributed by atoms with Crippen LogP contribution in [0.1, 0.15) is 0 Å². The molecule has 110 valence electrons. The first-order chi connectivity index (χ1) is 9.42. The van der Waals surface area contributed by atoms with E-state index in [4.69, 9.17) is 23.7 Å². The maximum absolute atomic E-state index is 5.82. The lowest BCUT2D eigenvalue weighted by Gasteiger charge is -2.41. The largest absolute Gasteiger partial charge is 0.379 e. The molecule has 19 heavy (non-hydrogen) atoms. The van der Waals surface area contributed by atoms with Gasteiger partial charge in [0.15, 0.2) is 12.6 Å². The molecule has 0 aromatic heterocycles. The van der Waals surface area contributed by atoms with Crippen molar-refractivity contribution in [2.45, 2.75) is 24.8 Å². The van der Waals surface area contributed by atoms with Crippen molar-refractivity contribution < 1.29 is 23.7 Å². The zero-order valence-corrected chi connectivity index (χ0v) is 11.0. The number of hydrogen-bond acceptors (Lipinski definition) is 7. The number of ether oxygens (including phenoxy) is 5. The number of hydrogen-bond donors (Lipinski definition) is 2. The van der Waals surface area contributed by atoms with E-state index in [2.05, 4.69) is 10.6 Å². The second-order valence-electron chi connectivity index (χ2n) is 4.90. The minimum atomic E-state index is -0.228. The molecule has 5 aliphatic heterocycles. The molecule has 4 bridgehead atoms. The first kappa shape index (κ1) is 13.7. The summed E-state index contributed by atoms with van der Waals surface area (Å²) in [6.45, 7) is 5.43. The summed E-state index contributed by atoms with van der Waals surface area (Å²) in [7, 11) is 0. The van der Waals surface area contributed by atoms with Crippen LogP contribution in [0.5, 0.6) is 0 Å². The molecule has 2 N–H and O–H groups in total. The van der Waals surface area contributed by atoms with Gasteiger partial charge in [-0.05, 0) is 0 Å². The Bertz CT molecular complexity index is 251. The Morgan fingerprint density at radius 2 is 1.26 bits per heavy atom. The normalized spacial score (nSPS) is 41.7. The molecule has 0 spiro atoms. The molecule has 7 heteroatoms. The van der Waals surface area contributed by atoms with Crippen LogP contribution >= 0.6 is 0 Å². The van der Waals surface area contributed by atoms with Crippen molar-refractivity contribution in [2.75, 3.05) is 52.6 Å². The Kier molecular flexibility index (Phi) is 5.00. The molecule has 4 atom stereocenters. The third-order valence-corrected chi connectivity index (χ3v) is 3.43. The Morgan fingerprint density at radius 3 is 1.79 bits per heavy atom. The molecule has 0 saturated carbocycles. The van der Waals surface area contributed by atoms with Gasteiger partial charge in [-0.15, -0.1) is 0 Å². The van der Waals surface area contributed by atoms with Crippen molar-refractivity contribution >= 4 is 0 Å². The number of nitrogens with one attached hydrogen (secondary N) is 2. The van der Waals surface area contributed by atoms with Gasteiger partial charge in [-0.1, -0.05) is 0 Å². The molecule has 7 nitrogen and oxygen atoms in total. The third kappa shape index (κ3) is 3.85. The van der Waals surface area contributed by atoms with Crippen LogP contribution in [-0.2, 0) is 23.7 Å². The fraction of sp³-hybridized carbons (Fsp3) is 1.00. The highest BCUT2D eigenvalue weighted by atomic mass is 16.8. The number of rotatable bonds is 0. The van der Waals surface area contributed by atoms with Crippen LogP contribution in [0.15, 0.2) is 0 Å². The monoisotopic (exact) mass is 274 g/mol. The third-order valence-electron chi connectivity index (χ3n) is 3.43. The van der Waals surface area contributed by atoms with Gasteiger partial charge in [0.05, 0.1) is 26.4 Å². The molecule has 0 unspecified atom stereocenters. The summed E-state index contributed by atoms with van der Waals surface area (Å²) in [6, 6.07) is 0. The fourth-order valence-corrected chi connectivity index (χ4v) is 2.39. The van der Waals surface area contributed by atoms with Gasteiger partial charge in [-0.2, -0.15) is 0 Å². The average Bonchev–Trinajstić information content (AvgIpc) is 2.46. The Morgan fingerprint density at radius 1 is 0.737 bits per heavy atom. The summed E-state index contributed by atoms with van der Waals surface area (Å²) < 4.78 is 28.4. The molecule has 0 radical (unpaired) electrons. The molecule has 5 heterocycles. The van der Waals surface area contributed by atoms with Crippen LogP contribution in [-0.4, -0.2) is 77.4 Å². The van der Waals surface area contributed by atoms with Crippen LogP contribution in [0, 0.1) is 0 Å². The van der Waals surface area contributed by atoms with E-state index in [0.717, 1.165) is 13.1 Å². The Balaban J connectivity index is 1.57. The molecule has 5 saturated heterocycles. The molecule has 0 aliphatic carbocycles. The van der Waals surface area contributed by atoms with Gasteiger partial charge < -0.3 is 34.3 Å². The van der Waals surface area contributed by atoms with Crippen molar-refractivity contribution in [2.24, 2.45) is 0 Å². The Hall–Kier alpha value is -0.280. The molecule has 0 aromatic rings. The van der Waals surface area contributed by atoms with Gasteiger partial charge in [-0.25, -0.2) is 0 Å². The van der Waals surface area contributed by atoms with Crippen molar-refractivity contribution in [3.8, 4) is 0 Å². The zero-order valence-electron chi connectivity index (χ0n) is 11.0. The van der Waals surface area contributed by atoms with Gasteiger partial charge in [0, 0.05) is 26.2 Å². The van der Waals surface area contributed by atoms with Gasteiger partial charge in [0.2, 0.25) is 0 Å². The van der Waals surface area contributed by atoms with Crippen LogP contribution in [0.4, 0.5) is 0 Å². The topological polar surface area (TPSA) is 70.2 Å². The summed E-state index contributed by atoms with van der Waals surface area (Å²) in [5.41, 5.74) is 0. The highest BCUT2D eigenvalue weighted by Gasteiger charge is 2.38. The van der Waals surface area contributed by atoms with E-state index in [-0.39, 0.29) is 24.8 Å². The maximum Gasteiger partial charge on any atom is 0.170 e. The minimum Gasteiger partial charge on any atom is -0.379 e. The van der Waals surface area contributed by atoms with Gasteiger partial charge in [-0.3, -0.25) is 0 Å². The van der Waals surface area contributed by atoms with Crippen molar-refractivity contribution in [1.82, 2.24) is 10.6 Å². The van der Waals surface area contributed by atoms with E-state index in [1.807, 2.05) is 0 Å². The van der Waals surface area contributed by atoms with Crippen LogP contribution in [0.2, 0.25) is 0 Å². The molecule has 0 amide bonds. The first-order valence-corrected chi connectivity index (χ1v) is 6.95. The average molecular weight is 274 g/mol.